The number of halogens is 3. The monoisotopic (exact) mass is 300 g/mol. The van der Waals surface area contributed by atoms with Crippen LogP contribution >= 0.6 is 0 Å². The van der Waals surface area contributed by atoms with Gasteiger partial charge in [-0.3, -0.25) is 0 Å². The van der Waals surface area contributed by atoms with Gasteiger partial charge in [0.05, 0.1) is 0 Å². The lowest BCUT2D eigenvalue weighted by Gasteiger charge is -2.38. The minimum atomic E-state index is -1.18. The summed E-state index contributed by atoms with van der Waals surface area (Å²) in [5, 5.41) is 9.57. The van der Waals surface area contributed by atoms with E-state index in [1.54, 1.807) is 0 Å². The quantitative estimate of drug-likeness (QED) is 0.864. The first-order chi connectivity index (χ1) is 9.92. The Hall–Kier alpha value is -1.07. The molecule has 2 unspecified atom stereocenters. The second-order valence-corrected chi connectivity index (χ2v) is 6.07. The van der Waals surface area contributed by atoms with E-state index < -0.39 is 17.5 Å². The first-order valence-corrected chi connectivity index (χ1v) is 7.19. The summed E-state index contributed by atoms with van der Waals surface area (Å²) in [7, 11) is 0. The minimum absolute atomic E-state index is 0.0949. The van der Waals surface area contributed by atoms with Gasteiger partial charge in [0.1, 0.15) is 5.82 Å². The van der Waals surface area contributed by atoms with Crippen LogP contribution in [0, 0.1) is 29.3 Å². The largest absolute Gasteiger partial charge is 0.396 e. The molecule has 0 bridgehead atoms. The van der Waals surface area contributed by atoms with Crippen LogP contribution in [0.15, 0.2) is 12.1 Å². The van der Waals surface area contributed by atoms with Crippen molar-refractivity contribution < 1.29 is 18.3 Å². The molecule has 0 aliphatic carbocycles. The Morgan fingerprint density at radius 3 is 2.48 bits per heavy atom. The Bertz CT molecular complexity index is 493. The summed E-state index contributed by atoms with van der Waals surface area (Å²) in [5.74, 6) is -2.13. The predicted octanol–water partition coefficient (Wildman–Crippen LogP) is 3.12. The van der Waals surface area contributed by atoms with E-state index in [9.17, 15) is 18.3 Å². The Morgan fingerprint density at radius 2 is 1.86 bits per heavy atom. The molecule has 0 saturated carbocycles. The van der Waals surface area contributed by atoms with Crippen LogP contribution in [0.1, 0.15) is 31.7 Å². The topological polar surface area (TPSA) is 23.5 Å². The summed E-state index contributed by atoms with van der Waals surface area (Å²) in [5.41, 5.74) is 0.171. The number of aliphatic hydroxyl groups excluding tert-OH is 1. The van der Waals surface area contributed by atoms with Gasteiger partial charge in [-0.25, -0.2) is 13.2 Å². The molecule has 21 heavy (non-hydrogen) atoms. The summed E-state index contributed by atoms with van der Waals surface area (Å²) in [6.45, 7) is 6.20. The van der Waals surface area contributed by atoms with Gasteiger partial charge in [-0.15, -0.1) is 0 Å². The molecule has 1 fully saturated rings. The van der Waals surface area contributed by atoms with Crippen molar-refractivity contribution in [1.82, 2.24) is 4.90 Å². The number of likely N-dealkylation sites (tertiary alicyclic amines) is 1. The standard InChI is InChI=1S/C16H21F3NO/c1-10(2)7-20-4-3-12(11(8-20)9-21)13-5-15(18)16(19)6-14(13)17/h5-6,11-12,21H,3-4,7-9H2,1-2H3. The summed E-state index contributed by atoms with van der Waals surface area (Å²) < 4.78 is 40.3. The smallest absolute Gasteiger partial charge is 0.161 e. The van der Waals surface area contributed by atoms with E-state index >= 15 is 0 Å². The van der Waals surface area contributed by atoms with Crippen molar-refractivity contribution in [2.45, 2.75) is 26.2 Å². The van der Waals surface area contributed by atoms with Gasteiger partial charge >= 0.3 is 0 Å². The lowest BCUT2D eigenvalue weighted by atomic mass is 9.80. The van der Waals surface area contributed by atoms with Crippen LogP contribution in [0.5, 0.6) is 0 Å². The van der Waals surface area contributed by atoms with Gasteiger partial charge in [0.15, 0.2) is 11.6 Å². The molecule has 1 N–H and O–H groups in total. The molecule has 2 atom stereocenters. The third-order valence-electron chi connectivity index (χ3n) is 4.03. The van der Waals surface area contributed by atoms with Crippen LogP contribution in [0.4, 0.5) is 13.2 Å². The third-order valence-corrected chi connectivity index (χ3v) is 4.03. The maximum atomic E-state index is 13.9. The highest BCUT2D eigenvalue weighted by Gasteiger charge is 2.32. The highest BCUT2D eigenvalue weighted by Crippen LogP contribution is 2.35. The van der Waals surface area contributed by atoms with Gasteiger partial charge in [0, 0.05) is 31.7 Å². The molecule has 1 aromatic rings. The van der Waals surface area contributed by atoms with Crippen molar-refractivity contribution in [3.63, 3.8) is 0 Å². The molecule has 5 heteroatoms. The molecule has 1 aliphatic heterocycles. The SMILES string of the molecule is C[C](C)CN1CCC(c2cc(F)c(F)cc2F)C(CO)C1. The molecule has 1 saturated heterocycles. The highest BCUT2D eigenvalue weighted by atomic mass is 19.2. The molecule has 1 aromatic carbocycles. The van der Waals surface area contributed by atoms with Crippen molar-refractivity contribution in [3.05, 3.63) is 41.1 Å². The number of piperidine rings is 1. The van der Waals surface area contributed by atoms with E-state index in [2.05, 4.69) is 4.90 Å². The molecule has 2 nitrogen and oxygen atoms in total. The first-order valence-electron chi connectivity index (χ1n) is 7.19. The molecule has 117 valence electrons. The van der Waals surface area contributed by atoms with Gasteiger partial charge in [0.2, 0.25) is 0 Å². The van der Waals surface area contributed by atoms with Crippen LogP contribution in [0.2, 0.25) is 0 Å². The van der Waals surface area contributed by atoms with Crippen molar-refractivity contribution >= 4 is 0 Å². The number of hydrogen-bond donors (Lipinski definition) is 1. The molecular weight excluding hydrogens is 279 g/mol. The summed E-state index contributed by atoms with van der Waals surface area (Å²) in [6, 6.07) is 1.53. The van der Waals surface area contributed by atoms with E-state index in [4.69, 9.17) is 0 Å². The summed E-state index contributed by atoms with van der Waals surface area (Å²) in [6.07, 6.45) is 0.625. The summed E-state index contributed by atoms with van der Waals surface area (Å²) in [4.78, 5) is 2.20. The number of hydrogen-bond acceptors (Lipinski definition) is 2. The van der Waals surface area contributed by atoms with E-state index in [0.717, 1.165) is 19.2 Å². The van der Waals surface area contributed by atoms with Crippen molar-refractivity contribution in [2.75, 3.05) is 26.2 Å². The zero-order valence-corrected chi connectivity index (χ0v) is 12.4. The molecule has 2 rings (SSSR count). The Balaban J connectivity index is 2.19. The third kappa shape index (κ3) is 3.77. The van der Waals surface area contributed by atoms with Gasteiger partial charge in [0.25, 0.3) is 0 Å². The van der Waals surface area contributed by atoms with Gasteiger partial charge in [-0.1, -0.05) is 13.8 Å². The highest BCUT2D eigenvalue weighted by molar-refractivity contribution is 5.25. The van der Waals surface area contributed by atoms with E-state index in [0.29, 0.717) is 19.0 Å². The molecular formula is C16H21F3NO. The van der Waals surface area contributed by atoms with Crippen LogP contribution in [0.25, 0.3) is 0 Å². The lowest BCUT2D eigenvalue weighted by Crippen LogP contribution is -2.42. The number of aliphatic hydroxyl groups is 1. The number of benzene rings is 1. The molecule has 1 radical (unpaired) electrons. The van der Waals surface area contributed by atoms with Crippen LogP contribution in [-0.4, -0.2) is 36.2 Å². The molecule has 1 aliphatic rings. The second-order valence-electron chi connectivity index (χ2n) is 6.07. The number of nitrogens with zero attached hydrogens (tertiary/aromatic N) is 1. The molecule has 0 amide bonds. The molecule has 0 spiro atoms. The normalized spacial score (nSPS) is 23.8. The fourth-order valence-electron chi connectivity index (χ4n) is 3.11. The maximum Gasteiger partial charge on any atom is 0.161 e. The fraction of sp³-hybridized carbons (Fsp3) is 0.562. The Kier molecular flexibility index (Phi) is 5.27. The average Bonchev–Trinajstić information content (AvgIpc) is 2.42. The molecule has 0 aromatic heterocycles. The van der Waals surface area contributed by atoms with Crippen LogP contribution < -0.4 is 0 Å². The van der Waals surface area contributed by atoms with Gasteiger partial charge < -0.3 is 10.0 Å². The van der Waals surface area contributed by atoms with Crippen molar-refractivity contribution in [1.29, 1.82) is 0 Å². The summed E-state index contributed by atoms with van der Waals surface area (Å²) >= 11 is 0. The van der Waals surface area contributed by atoms with Gasteiger partial charge in [-0.2, -0.15) is 0 Å². The van der Waals surface area contributed by atoms with E-state index in [1.807, 2.05) is 13.8 Å². The second kappa shape index (κ2) is 6.79. The lowest BCUT2D eigenvalue weighted by molar-refractivity contribution is 0.103. The number of rotatable bonds is 4. The van der Waals surface area contributed by atoms with E-state index in [-0.39, 0.29) is 24.0 Å². The Labute approximate surface area is 123 Å². The Morgan fingerprint density at radius 1 is 1.19 bits per heavy atom. The first kappa shape index (κ1) is 16.3. The zero-order chi connectivity index (χ0) is 15.6. The molecule has 1 heterocycles. The minimum Gasteiger partial charge on any atom is -0.396 e. The maximum absolute atomic E-state index is 13.9. The fourth-order valence-corrected chi connectivity index (χ4v) is 3.11. The van der Waals surface area contributed by atoms with Crippen molar-refractivity contribution in [3.8, 4) is 0 Å². The van der Waals surface area contributed by atoms with E-state index in [1.165, 1.54) is 5.92 Å². The van der Waals surface area contributed by atoms with Crippen LogP contribution in [-0.2, 0) is 0 Å². The predicted molar refractivity (Wildman–Crippen MR) is 75.3 cm³/mol. The van der Waals surface area contributed by atoms with Crippen LogP contribution in [0.3, 0.4) is 0 Å². The van der Waals surface area contributed by atoms with Gasteiger partial charge in [-0.05, 0) is 36.4 Å². The van der Waals surface area contributed by atoms with Crippen molar-refractivity contribution in [2.24, 2.45) is 5.92 Å². The zero-order valence-electron chi connectivity index (χ0n) is 12.4. The average molecular weight is 300 g/mol.